The van der Waals surface area contributed by atoms with Crippen molar-refractivity contribution in [2.75, 3.05) is 0 Å². The fraction of sp³-hybridized carbons (Fsp3) is 0.280. The molecule has 3 aromatic carbocycles. The van der Waals surface area contributed by atoms with Crippen molar-refractivity contribution in [1.29, 1.82) is 0 Å². The first-order valence-corrected chi connectivity index (χ1v) is 14.2. The molecule has 0 spiro atoms. The molecule has 0 unspecified atom stereocenters. The number of rotatable bonds is 1. The Morgan fingerprint density at radius 3 is 2.10 bits per heavy atom. The third-order valence-electron chi connectivity index (χ3n) is 4.39. The number of aryl methyl sites for hydroxylation is 1. The van der Waals surface area contributed by atoms with Gasteiger partial charge in [0.2, 0.25) is 0 Å². The summed E-state index contributed by atoms with van der Waals surface area (Å²) in [4.78, 5) is 0. The molecule has 0 aromatic heterocycles. The Balaban J connectivity index is 0.000000443. The van der Waals surface area contributed by atoms with Gasteiger partial charge in [0, 0.05) is 8.07 Å². The van der Waals surface area contributed by atoms with Gasteiger partial charge in [-0.05, 0) is 6.42 Å². The van der Waals surface area contributed by atoms with Crippen LogP contribution in [0.15, 0.2) is 60.7 Å². The van der Waals surface area contributed by atoms with Crippen LogP contribution in [0.25, 0.3) is 11.1 Å². The minimum Gasteiger partial charge on any atom is -1.00 e. The van der Waals surface area contributed by atoms with Gasteiger partial charge >= 0.3 is 41.3 Å². The smallest absolute Gasteiger partial charge is 0.00393 e. The molecule has 4 heteroatoms. The first-order valence-electron chi connectivity index (χ1n) is 9.52. The van der Waals surface area contributed by atoms with Crippen LogP contribution in [-0.4, -0.2) is 11.3 Å². The molecule has 0 fully saturated rings. The molecular weight excluding hydrogens is 490 g/mol. The van der Waals surface area contributed by atoms with Gasteiger partial charge in [0.1, 0.15) is 0 Å². The van der Waals surface area contributed by atoms with Gasteiger partial charge in [0.25, 0.3) is 0 Å². The molecule has 1 aliphatic rings. The zero-order valence-corrected chi connectivity index (χ0v) is 23.2. The molecular formula is C25H30Cl2SiZr-2. The van der Waals surface area contributed by atoms with Crippen LogP contribution in [0.1, 0.15) is 30.5 Å². The van der Waals surface area contributed by atoms with Crippen molar-refractivity contribution in [2.45, 2.75) is 46.8 Å². The van der Waals surface area contributed by atoms with Gasteiger partial charge in [-0.15, -0.1) is 5.56 Å². The maximum atomic E-state index is 3.30. The van der Waals surface area contributed by atoms with Crippen molar-refractivity contribution in [1.82, 2.24) is 0 Å². The summed E-state index contributed by atoms with van der Waals surface area (Å²) in [5.74, 6) is 0. The first-order chi connectivity index (χ1) is 12.7. The zero-order valence-electron chi connectivity index (χ0n) is 18.2. The molecule has 0 atom stereocenters. The molecule has 29 heavy (non-hydrogen) atoms. The molecule has 0 aliphatic heterocycles. The molecule has 3 aromatic rings. The van der Waals surface area contributed by atoms with Crippen LogP contribution in [0.5, 0.6) is 0 Å². The van der Waals surface area contributed by atoms with Crippen LogP contribution >= 0.6 is 0 Å². The Kier molecular flexibility index (Phi) is 12.6. The largest absolute Gasteiger partial charge is 1.00 e. The fourth-order valence-electron chi connectivity index (χ4n) is 3.03. The van der Waals surface area contributed by atoms with Crippen molar-refractivity contribution >= 4 is 16.5 Å². The Hall–Kier alpha value is -0.660. The van der Waals surface area contributed by atoms with E-state index in [9.17, 15) is 0 Å². The van der Waals surface area contributed by atoms with Gasteiger partial charge in [-0.1, -0.05) is 62.0 Å². The van der Waals surface area contributed by atoms with Crippen molar-refractivity contribution in [3.63, 3.8) is 0 Å². The second-order valence-electron chi connectivity index (χ2n) is 8.32. The van der Waals surface area contributed by atoms with Gasteiger partial charge in [0.05, 0.1) is 0 Å². The second kappa shape index (κ2) is 12.9. The number of fused-ring (bicyclic) bond motifs is 3. The fourth-order valence-corrected chi connectivity index (χ4v) is 4.27. The standard InChI is InChI=1S/C13H9.C9H15Si.C3H6.2ClH.Zr/c1-3-7-12-10(5-1)9-11-6-2-4-8-13(11)12;1-8-5-6-9(7-8)10(2,3)4;1-3-2;;;/h1-5,7-8H,9H2;5-7H,1-4H3;1-2H3;2*1H;/q2*-1;;;;+2/p-2. The zero-order chi connectivity index (χ0) is 20.0. The monoisotopic (exact) mass is 518 g/mol. The topological polar surface area (TPSA) is 0 Å². The molecule has 1 aliphatic carbocycles. The molecule has 0 N–H and O–H groups in total. The van der Waals surface area contributed by atoms with E-state index in [1.54, 1.807) is 29.4 Å². The third kappa shape index (κ3) is 8.93. The molecule has 4 rings (SSSR count). The SMILES string of the molecule is C[C](C)=[Zr+2].Cc1cc([Si](C)(C)C)c[cH-]1.[Cl-].[Cl-].[c-]1cccc2c1Cc1ccccc1-2. The van der Waals surface area contributed by atoms with E-state index >= 15 is 0 Å². The maximum absolute atomic E-state index is 3.30. The van der Waals surface area contributed by atoms with Crippen LogP contribution in [-0.2, 0) is 30.7 Å². The van der Waals surface area contributed by atoms with E-state index in [1.165, 1.54) is 31.0 Å². The molecule has 0 saturated heterocycles. The van der Waals surface area contributed by atoms with E-state index in [4.69, 9.17) is 0 Å². The van der Waals surface area contributed by atoms with Gasteiger partial charge in [0.15, 0.2) is 0 Å². The average Bonchev–Trinajstić information content (AvgIpc) is 3.18. The molecule has 0 heterocycles. The Morgan fingerprint density at radius 2 is 1.59 bits per heavy atom. The second-order valence-corrected chi connectivity index (χ2v) is 15.9. The molecule has 0 bridgehead atoms. The first kappa shape index (κ1) is 28.3. The van der Waals surface area contributed by atoms with Crippen LogP contribution in [0, 0.1) is 13.0 Å². The third-order valence-corrected chi connectivity index (χ3v) is 6.43. The quantitative estimate of drug-likeness (QED) is 0.246. The average molecular weight is 521 g/mol. The molecule has 0 nitrogen and oxygen atoms in total. The summed E-state index contributed by atoms with van der Waals surface area (Å²) in [6, 6.07) is 24.9. The molecule has 154 valence electrons. The number of hydrogen-bond donors (Lipinski definition) is 0. The van der Waals surface area contributed by atoms with E-state index in [-0.39, 0.29) is 24.8 Å². The van der Waals surface area contributed by atoms with Crippen molar-refractivity contribution < 1.29 is 49.0 Å². The van der Waals surface area contributed by atoms with Crippen LogP contribution < -0.4 is 30.0 Å². The van der Waals surface area contributed by atoms with Crippen molar-refractivity contribution in [2.24, 2.45) is 0 Å². The summed E-state index contributed by atoms with van der Waals surface area (Å²) < 4.78 is 1.51. The Morgan fingerprint density at radius 1 is 1.00 bits per heavy atom. The van der Waals surface area contributed by atoms with Gasteiger partial charge in [-0.25, -0.2) is 11.3 Å². The van der Waals surface area contributed by atoms with Crippen molar-refractivity contribution in [3.8, 4) is 11.1 Å². The van der Waals surface area contributed by atoms with Crippen LogP contribution in [0.4, 0.5) is 0 Å². The maximum Gasteiger partial charge on any atom is 0.00393 e. The predicted octanol–water partition coefficient (Wildman–Crippen LogP) is 0.0705. The number of halogens is 2. The van der Waals surface area contributed by atoms with Gasteiger partial charge in [-0.2, -0.15) is 47.5 Å². The van der Waals surface area contributed by atoms with Gasteiger partial charge < -0.3 is 24.8 Å². The summed E-state index contributed by atoms with van der Waals surface area (Å²) in [6.45, 7) is 13.5. The summed E-state index contributed by atoms with van der Waals surface area (Å²) in [5, 5.41) is 1.57. The van der Waals surface area contributed by atoms with E-state index in [2.05, 4.69) is 101 Å². The molecule has 0 amide bonds. The molecule has 0 saturated carbocycles. The predicted molar refractivity (Wildman–Crippen MR) is 120 cm³/mol. The van der Waals surface area contributed by atoms with E-state index < -0.39 is 8.07 Å². The minimum atomic E-state index is -1.01. The Labute approximate surface area is 205 Å². The summed E-state index contributed by atoms with van der Waals surface area (Å²) in [6.07, 6.45) is 1.05. The van der Waals surface area contributed by atoms with Crippen LogP contribution in [0.2, 0.25) is 19.6 Å². The number of hydrogen-bond acceptors (Lipinski definition) is 0. The molecule has 0 radical (unpaired) electrons. The van der Waals surface area contributed by atoms with E-state index in [0.29, 0.717) is 0 Å². The summed E-state index contributed by atoms with van der Waals surface area (Å²) in [5.41, 5.74) is 6.91. The number of benzene rings is 2. The van der Waals surface area contributed by atoms with Crippen LogP contribution in [0.3, 0.4) is 0 Å². The summed E-state index contributed by atoms with van der Waals surface area (Å²) >= 11 is 1.55. The van der Waals surface area contributed by atoms with E-state index in [0.717, 1.165) is 6.42 Å². The Bertz CT molecular complexity index is 859. The normalized spacial score (nSPS) is 10.6. The minimum absolute atomic E-state index is 0. The summed E-state index contributed by atoms with van der Waals surface area (Å²) in [7, 11) is -1.01. The van der Waals surface area contributed by atoms with Gasteiger partial charge in [-0.3, -0.25) is 0 Å². The van der Waals surface area contributed by atoms with E-state index in [1.807, 2.05) is 6.07 Å². The van der Waals surface area contributed by atoms with Crippen molar-refractivity contribution in [3.05, 3.63) is 83.4 Å².